The maximum atomic E-state index is 5.99. The van der Waals surface area contributed by atoms with E-state index < -0.39 is 0 Å². The van der Waals surface area contributed by atoms with Gasteiger partial charge in [-0.25, -0.2) is 0 Å². The number of nitrogen functional groups attached to an aromatic ring is 1. The third kappa shape index (κ3) is 3.67. The highest BCUT2D eigenvalue weighted by atomic mass is 79.9. The van der Waals surface area contributed by atoms with Crippen molar-refractivity contribution < 1.29 is 4.74 Å². The number of ether oxygens (including phenoxy) is 1. The lowest BCUT2D eigenvalue weighted by molar-refractivity contribution is 0.410. The Morgan fingerprint density at radius 2 is 2.00 bits per heavy atom. The summed E-state index contributed by atoms with van der Waals surface area (Å²) in [6.45, 7) is 2.84. The lowest BCUT2D eigenvalue weighted by Crippen LogP contribution is -2.07. The number of hydrogen-bond acceptors (Lipinski definition) is 3. The third-order valence-corrected chi connectivity index (χ3v) is 3.65. The Morgan fingerprint density at radius 3 is 2.70 bits per heavy atom. The van der Waals surface area contributed by atoms with E-state index in [1.54, 1.807) is 7.11 Å². The molecule has 0 spiro atoms. The summed E-state index contributed by atoms with van der Waals surface area (Å²) in [6.07, 6.45) is 0.871. The molecule has 0 atom stereocenters. The molecule has 0 unspecified atom stereocenters. The molecule has 2 rings (SSSR count). The summed E-state index contributed by atoms with van der Waals surface area (Å²) in [4.78, 5) is 0. The van der Waals surface area contributed by atoms with Crippen molar-refractivity contribution in [2.75, 3.05) is 24.7 Å². The number of benzene rings is 2. The SMILES string of the molecule is COc1ccc(Br)cc1CCNc1ccc(C)cc1N. The second-order valence-corrected chi connectivity index (χ2v) is 5.64. The van der Waals surface area contributed by atoms with E-state index in [2.05, 4.69) is 33.4 Å². The van der Waals surface area contributed by atoms with Gasteiger partial charge in [-0.15, -0.1) is 0 Å². The van der Waals surface area contributed by atoms with Crippen molar-refractivity contribution in [3.05, 3.63) is 52.0 Å². The Labute approximate surface area is 128 Å². The minimum atomic E-state index is 0.784. The predicted molar refractivity (Wildman–Crippen MR) is 88.5 cm³/mol. The van der Waals surface area contributed by atoms with E-state index in [-0.39, 0.29) is 0 Å². The topological polar surface area (TPSA) is 47.3 Å². The van der Waals surface area contributed by atoms with Crippen molar-refractivity contribution in [1.82, 2.24) is 0 Å². The van der Waals surface area contributed by atoms with Crippen LogP contribution in [0.15, 0.2) is 40.9 Å². The first-order valence-corrected chi connectivity index (χ1v) is 7.32. The molecule has 4 heteroatoms. The van der Waals surface area contributed by atoms with Gasteiger partial charge in [0.25, 0.3) is 0 Å². The molecule has 0 radical (unpaired) electrons. The molecule has 0 fully saturated rings. The fourth-order valence-corrected chi connectivity index (χ4v) is 2.53. The zero-order valence-electron chi connectivity index (χ0n) is 11.7. The summed E-state index contributed by atoms with van der Waals surface area (Å²) >= 11 is 3.49. The van der Waals surface area contributed by atoms with Crippen molar-refractivity contribution in [2.45, 2.75) is 13.3 Å². The van der Waals surface area contributed by atoms with Crippen LogP contribution in [-0.4, -0.2) is 13.7 Å². The highest BCUT2D eigenvalue weighted by Gasteiger charge is 2.04. The van der Waals surface area contributed by atoms with E-state index in [9.17, 15) is 0 Å². The average molecular weight is 335 g/mol. The molecule has 0 aliphatic carbocycles. The zero-order valence-corrected chi connectivity index (χ0v) is 13.3. The van der Waals surface area contributed by atoms with Crippen LogP contribution < -0.4 is 15.8 Å². The van der Waals surface area contributed by atoms with Crippen LogP contribution in [0.4, 0.5) is 11.4 Å². The second-order valence-electron chi connectivity index (χ2n) is 4.72. The van der Waals surface area contributed by atoms with Crippen LogP contribution >= 0.6 is 15.9 Å². The van der Waals surface area contributed by atoms with Gasteiger partial charge < -0.3 is 15.8 Å². The molecule has 20 heavy (non-hydrogen) atoms. The van der Waals surface area contributed by atoms with Crippen molar-refractivity contribution >= 4 is 27.3 Å². The molecule has 0 saturated heterocycles. The van der Waals surface area contributed by atoms with E-state index in [1.807, 2.05) is 31.2 Å². The van der Waals surface area contributed by atoms with Crippen LogP contribution in [0.2, 0.25) is 0 Å². The van der Waals surface area contributed by atoms with Gasteiger partial charge in [0.1, 0.15) is 5.75 Å². The minimum Gasteiger partial charge on any atom is -0.496 e. The predicted octanol–water partition coefficient (Wildman–Crippen LogP) is 4.00. The smallest absolute Gasteiger partial charge is 0.122 e. The molecule has 0 saturated carbocycles. The van der Waals surface area contributed by atoms with Crippen molar-refractivity contribution in [3.63, 3.8) is 0 Å². The zero-order chi connectivity index (χ0) is 14.5. The Kier molecular flexibility index (Phi) is 4.90. The third-order valence-electron chi connectivity index (χ3n) is 3.16. The standard InChI is InChI=1S/C16H19BrN2O/c1-11-3-5-15(14(18)9-11)19-8-7-12-10-13(17)4-6-16(12)20-2/h3-6,9-10,19H,7-8,18H2,1-2H3. The number of halogens is 1. The first-order valence-electron chi connectivity index (χ1n) is 6.52. The van der Waals surface area contributed by atoms with Gasteiger partial charge in [-0.3, -0.25) is 0 Å². The number of nitrogens with one attached hydrogen (secondary N) is 1. The molecule has 0 heterocycles. The van der Waals surface area contributed by atoms with E-state index in [4.69, 9.17) is 10.5 Å². The summed E-state index contributed by atoms with van der Waals surface area (Å²) in [7, 11) is 1.69. The van der Waals surface area contributed by atoms with Gasteiger partial charge in [-0.2, -0.15) is 0 Å². The monoisotopic (exact) mass is 334 g/mol. The summed E-state index contributed by atoms with van der Waals surface area (Å²) in [5, 5.41) is 3.36. The summed E-state index contributed by atoms with van der Waals surface area (Å²) < 4.78 is 6.43. The van der Waals surface area contributed by atoms with Gasteiger partial charge in [0.05, 0.1) is 18.5 Å². The summed E-state index contributed by atoms with van der Waals surface area (Å²) in [5.41, 5.74) is 10.1. The number of nitrogens with two attached hydrogens (primary N) is 1. The van der Waals surface area contributed by atoms with E-state index in [0.29, 0.717) is 0 Å². The molecule has 0 aliphatic rings. The van der Waals surface area contributed by atoms with Gasteiger partial charge in [-0.1, -0.05) is 22.0 Å². The number of aryl methyl sites for hydroxylation is 1. The molecular weight excluding hydrogens is 316 g/mol. The van der Waals surface area contributed by atoms with E-state index in [1.165, 1.54) is 11.1 Å². The normalized spacial score (nSPS) is 10.3. The fourth-order valence-electron chi connectivity index (χ4n) is 2.12. The molecule has 3 N–H and O–H groups in total. The van der Waals surface area contributed by atoms with Crippen molar-refractivity contribution in [1.29, 1.82) is 0 Å². The Balaban J connectivity index is 2.01. The number of anilines is 2. The van der Waals surface area contributed by atoms with Gasteiger partial charge >= 0.3 is 0 Å². The molecule has 106 valence electrons. The summed E-state index contributed by atoms with van der Waals surface area (Å²) in [6, 6.07) is 12.1. The first kappa shape index (κ1) is 14.7. The van der Waals surface area contributed by atoms with Gasteiger partial charge in [-0.05, 0) is 54.8 Å². The molecule has 0 amide bonds. The molecule has 2 aromatic carbocycles. The largest absolute Gasteiger partial charge is 0.496 e. The van der Waals surface area contributed by atoms with Gasteiger partial charge in [0.15, 0.2) is 0 Å². The highest BCUT2D eigenvalue weighted by molar-refractivity contribution is 9.10. The molecule has 0 aromatic heterocycles. The van der Waals surface area contributed by atoms with Crippen LogP contribution in [0.1, 0.15) is 11.1 Å². The molecular formula is C16H19BrN2O. The minimum absolute atomic E-state index is 0.784. The van der Waals surface area contributed by atoms with Crippen molar-refractivity contribution in [2.24, 2.45) is 0 Å². The fraction of sp³-hybridized carbons (Fsp3) is 0.250. The lowest BCUT2D eigenvalue weighted by Gasteiger charge is -2.12. The Hall–Kier alpha value is -1.68. The maximum Gasteiger partial charge on any atom is 0.122 e. The highest BCUT2D eigenvalue weighted by Crippen LogP contribution is 2.24. The lowest BCUT2D eigenvalue weighted by atomic mass is 10.1. The number of rotatable bonds is 5. The van der Waals surface area contributed by atoms with E-state index in [0.717, 1.165) is 34.6 Å². The second kappa shape index (κ2) is 6.66. The van der Waals surface area contributed by atoms with Crippen LogP contribution in [-0.2, 0) is 6.42 Å². The summed E-state index contributed by atoms with van der Waals surface area (Å²) in [5.74, 6) is 0.909. The van der Waals surface area contributed by atoms with Gasteiger partial charge in [0, 0.05) is 11.0 Å². The van der Waals surface area contributed by atoms with Crippen LogP contribution in [0.5, 0.6) is 5.75 Å². The molecule has 3 nitrogen and oxygen atoms in total. The molecule has 0 bridgehead atoms. The Bertz CT molecular complexity index is 599. The number of methoxy groups -OCH3 is 1. The van der Waals surface area contributed by atoms with E-state index >= 15 is 0 Å². The average Bonchev–Trinajstić information content (AvgIpc) is 2.41. The maximum absolute atomic E-state index is 5.99. The van der Waals surface area contributed by atoms with Crippen LogP contribution in [0.25, 0.3) is 0 Å². The first-order chi connectivity index (χ1) is 9.60. The number of hydrogen-bond donors (Lipinski definition) is 2. The quantitative estimate of drug-likeness (QED) is 0.812. The van der Waals surface area contributed by atoms with Gasteiger partial charge in [0.2, 0.25) is 0 Å². The Morgan fingerprint density at radius 1 is 1.20 bits per heavy atom. The molecule has 0 aliphatic heterocycles. The van der Waals surface area contributed by atoms with Crippen LogP contribution in [0, 0.1) is 6.92 Å². The van der Waals surface area contributed by atoms with Crippen LogP contribution in [0.3, 0.4) is 0 Å². The van der Waals surface area contributed by atoms with Crippen molar-refractivity contribution in [3.8, 4) is 5.75 Å². The molecule has 2 aromatic rings.